The third-order valence-corrected chi connectivity index (χ3v) is 0.977. The van der Waals surface area contributed by atoms with Crippen LogP contribution in [0.15, 0.2) is 0 Å². The SMILES string of the molecule is CCC(=O)O.CCCCNN. The lowest BCUT2D eigenvalue weighted by molar-refractivity contribution is -0.136. The highest BCUT2D eigenvalue weighted by Crippen LogP contribution is 1.78. The van der Waals surface area contributed by atoms with Gasteiger partial charge in [0.1, 0.15) is 0 Å². The molecule has 0 unspecified atom stereocenters. The molecule has 0 atom stereocenters. The van der Waals surface area contributed by atoms with E-state index in [2.05, 4.69) is 12.3 Å². The monoisotopic (exact) mass is 162 g/mol. The summed E-state index contributed by atoms with van der Waals surface area (Å²) in [5, 5.41) is 7.72. The second-order valence-corrected chi connectivity index (χ2v) is 2.05. The largest absolute Gasteiger partial charge is 0.481 e. The van der Waals surface area contributed by atoms with Gasteiger partial charge in [-0.1, -0.05) is 20.3 Å². The van der Waals surface area contributed by atoms with Crippen LogP contribution in [0.1, 0.15) is 33.1 Å². The van der Waals surface area contributed by atoms with Crippen molar-refractivity contribution in [3.8, 4) is 0 Å². The fourth-order valence-electron chi connectivity index (χ4n) is 0.279. The topological polar surface area (TPSA) is 75.3 Å². The predicted molar refractivity (Wildman–Crippen MR) is 45.0 cm³/mol. The Hall–Kier alpha value is -0.610. The quantitative estimate of drug-likeness (QED) is 0.323. The number of rotatable bonds is 4. The second-order valence-electron chi connectivity index (χ2n) is 2.05. The highest BCUT2D eigenvalue weighted by molar-refractivity contribution is 5.66. The number of aliphatic carboxylic acids is 1. The van der Waals surface area contributed by atoms with Gasteiger partial charge in [-0.15, -0.1) is 0 Å². The van der Waals surface area contributed by atoms with Crippen molar-refractivity contribution in [1.29, 1.82) is 0 Å². The maximum Gasteiger partial charge on any atom is 0.303 e. The van der Waals surface area contributed by atoms with Crippen molar-refractivity contribution in [2.75, 3.05) is 6.54 Å². The highest BCUT2D eigenvalue weighted by atomic mass is 16.4. The predicted octanol–water partition coefficient (Wildman–Crippen LogP) is 0.731. The van der Waals surface area contributed by atoms with Gasteiger partial charge in [0.25, 0.3) is 0 Å². The van der Waals surface area contributed by atoms with E-state index < -0.39 is 5.97 Å². The van der Waals surface area contributed by atoms with Gasteiger partial charge in [-0.25, -0.2) is 0 Å². The van der Waals surface area contributed by atoms with Gasteiger partial charge in [0, 0.05) is 13.0 Å². The van der Waals surface area contributed by atoms with E-state index in [0.29, 0.717) is 0 Å². The summed E-state index contributed by atoms with van der Waals surface area (Å²) < 4.78 is 0. The summed E-state index contributed by atoms with van der Waals surface area (Å²) in [5.74, 6) is 4.22. The molecule has 0 saturated carbocycles. The first kappa shape index (κ1) is 13.0. The Bertz CT molecular complexity index is 82.5. The van der Waals surface area contributed by atoms with Crippen LogP contribution >= 0.6 is 0 Å². The summed E-state index contributed by atoms with van der Waals surface area (Å²) in [7, 11) is 0. The molecule has 0 rings (SSSR count). The van der Waals surface area contributed by atoms with Gasteiger partial charge in [-0.3, -0.25) is 16.1 Å². The number of nitrogens with one attached hydrogen (secondary N) is 1. The Balaban J connectivity index is 0. The van der Waals surface area contributed by atoms with Crippen LogP contribution in [0.25, 0.3) is 0 Å². The Morgan fingerprint density at radius 3 is 2.09 bits per heavy atom. The maximum atomic E-state index is 9.37. The molecular formula is C7H18N2O2. The number of hydrogen-bond donors (Lipinski definition) is 3. The van der Waals surface area contributed by atoms with E-state index in [1.54, 1.807) is 6.92 Å². The molecule has 0 aromatic rings. The summed E-state index contributed by atoms with van der Waals surface area (Å²) in [6.07, 6.45) is 2.61. The number of hydrogen-bond acceptors (Lipinski definition) is 3. The Morgan fingerprint density at radius 1 is 1.55 bits per heavy atom. The van der Waals surface area contributed by atoms with E-state index >= 15 is 0 Å². The lowest BCUT2D eigenvalue weighted by Gasteiger charge is -1.89. The summed E-state index contributed by atoms with van der Waals surface area (Å²) in [5.41, 5.74) is 2.57. The molecule has 11 heavy (non-hydrogen) atoms. The number of nitrogens with two attached hydrogens (primary N) is 1. The highest BCUT2D eigenvalue weighted by Gasteiger charge is 1.80. The van der Waals surface area contributed by atoms with Crippen LogP contribution in [0.3, 0.4) is 0 Å². The summed E-state index contributed by atoms with van der Waals surface area (Å²) >= 11 is 0. The zero-order valence-corrected chi connectivity index (χ0v) is 7.26. The van der Waals surface area contributed by atoms with Crippen LogP contribution < -0.4 is 11.3 Å². The second kappa shape index (κ2) is 12.1. The van der Waals surface area contributed by atoms with Crippen LogP contribution in [0.5, 0.6) is 0 Å². The van der Waals surface area contributed by atoms with E-state index in [-0.39, 0.29) is 6.42 Å². The molecule has 68 valence electrons. The summed E-state index contributed by atoms with van der Waals surface area (Å²) in [6.45, 7) is 4.68. The van der Waals surface area contributed by atoms with E-state index in [1.165, 1.54) is 12.8 Å². The first-order valence-electron chi connectivity index (χ1n) is 3.84. The molecule has 0 aliphatic rings. The van der Waals surface area contributed by atoms with Crippen LogP contribution in [0.2, 0.25) is 0 Å². The molecule has 0 saturated heterocycles. The van der Waals surface area contributed by atoms with Gasteiger partial charge in [0.2, 0.25) is 0 Å². The molecule has 0 aliphatic carbocycles. The fourth-order valence-corrected chi connectivity index (χ4v) is 0.279. The fraction of sp³-hybridized carbons (Fsp3) is 0.857. The molecule has 4 heteroatoms. The number of unbranched alkanes of at least 4 members (excludes halogenated alkanes) is 1. The van der Waals surface area contributed by atoms with Gasteiger partial charge >= 0.3 is 5.97 Å². The number of carbonyl (C=O) groups is 1. The molecule has 0 bridgehead atoms. The van der Waals surface area contributed by atoms with Gasteiger partial charge in [-0.05, 0) is 6.42 Å². The van der Waals surface area contributed by atoms with E-state index in [0.717, 1.165) is 6.54 Å². The minimum atomic E-state index is -0.745. The zero-order chi connectivity index (χ0) is 9.11. The van der Waals surface area contributed by atoms with E-state index in [9.17, 15) is 4.79 Å². The Morgan fingerprint density at radius 2 is 2.00 bits per heavy atom. The van der Waals surface area contributed by atoms with Crippen molar-refractivity contribution >= 4 is 5.97 Å². The lowest BCUT2D eigenvalue weighted by Crippen LogP contribution is -2.22. The average Bonchev–Trinajstić information content (AvgIpc) is 2.02. The summed E-state index contributed by atoms with van der Waals surface area (Å²) in [4.78, 5) is 9.37. The van der Waals surface area contributed by atoms with Crippen molar-refractivity contribution < 1.29 is 9.90 Å². The third-order valence-electron chi connectivity index (χ3n) is 0.977. The van der Waals surface area contributed by atoms with Crippen LogP contribution in [0, 0.1) is 0 Å². The number of carboxylic acids is 1. The average molecular weight is 162 g/mol. The maximum absolute atomic E-state index is 9.37. The molecule has 0 amide bonds. The van der Waals surface area contributed by atoms with Gasteiger partial charge in [-0.2, -0.15) is 0 Å². The standard InChI is InChI=1S/C4H12N2.C3H6O2/c1-2-3-4-6-5;1-2-3(4)5/h6H,2-5H2,1H3;2H2,1H3,(H,4,5). The first-order valence-corrected chi connectivity index (χ1v) is 3.84. The third kappa shape index (κ3) is 26.6. The van der Waals surface area contributed by atoms with Gasteiger partial charge < -0.3 is 5.11 Å². The molecule has 0 radical (unpaired) electrons. The van der Waals surface area contributed by atoms with Crippen LogP contribution in [0.4, 0.5) is 0 Å². The molecule has 0 fully saturated rings. The smallest absolute Gasteiger partial charge is 0.303 e. The van der Waals surface area contributed by atoms with Crippen molar-refractivity contribution in [1.82, 2.24) is 5.43 Å². The van der Waals surface area contributed by atoms with E-state index in [4.69, 9.17) is 10.9 Å². The van der Waals surface area contributed by atoms with Gasteiger partial charge in [0.05, 0.1) is 0 Å². The molecule has 0 heterocycles. The molecule has 0 spiro atoms. The molecular weight excluding hydrogens is 144 g/mol. The Labute approximate surface area is 67.8 Å². The molecule has 4 nitrogen and oxygen atoms in total. The minimum absolute atomic E-state index is 0.222. The normalized spacial score (nSPS) is 8.27. The number of carboxylic acid groups (broad SMARTS) is 1. The lowest BCUT2D eigenvalue weighted by atomic mass is 10.3. The Kier molecular flexibility index (Phi) is 14.3. The van der Waals surface area contributed by atoms with Crippen molar-refractivity contribution in [3.63, 3.8) is 0 Å². The van der Waals surface area contributed by atoms with E-state index in [1.807, 2.05) is 0 Å². The molecule has 0 aromatic heterocycles. The summed E-state index contributed by atoms with van der Waals surface area (Å²) in [6, 6.07) is 0. The molecule has 0 aliphatic heterocycles. The molecule has 4 N–H and O–H groups in total. The first-order chi connectivity index (χ1) is 5.18. The van der Waals surface area contributed by atoms with Gasteiger partial charge in [0.15, 0.2) is 0 Å². The molecule has 0 aromatic carbocycles. The van der Waals surface area contributed by atoms with Crippen LogP contribution in [-0.2, 0) is 4.79 Å². The zero-order valence-electron chi connectivity index (χ0n) is 7.26. The minimum Gasteiger partial charge on any atom is -0.481 e. The van der Waals surface area contributed by atoms with Crippen molar-refractivity contribution in [3.05, 3.63) is 0 Å². The van der Waals surface area contributed by atoms with Crippen molar-refractivity contribution in [2.24, 2.45) is 5.84 Å². The number of hydrazine groups is 1. The van der Waals surface area contributed by atoms with Crippen LogP contribution in [-0.4, -0.2) is 17.6 Å². The van der Waals surface area contributed by atoms with Crippen molar-refractivity contribution in [2.45, 2.75) is 33.1 Å².